The highest BCUT2D eigenvalue weighted by atomic mass is 16.5. The Morgan fingerprint density at radius 2 is 1.70 bits per heavy atom. The molecule has 1 heterocycles. The molecule has 5 aliphatic rings. The Morgan fingerprint density at radius 3 is 2.33 bits per heavy atom. The van der Waals surface area contributed by atoms with E-state index in [0.717, 1.165) is 44.9 Å². The lowest BCUT2D eigenvalue weighted by Crippen LogP contribution is -2.57. The van der Waals surface area contributed by atoms with Gasteiger partial charge in [-0.2, -0.15) is 4.91 Å². The zero-order chi connectivity index (χ0) is 24.6. The van der Waals surface area contributed by atoms with E-state index >= 15 is 0 Å². The first kappa shape index (κ1) is 26.6. The number of hydrogen-bond acceptors (Lipinski definition) is 4. The quantitative estimate of drug-likeness (QED) is 0.313. The molecule has 0 radical (unpaired) electrons. The van der Waals surface area contributed by atoms with Gasteiger partial charge in [0.1, 0.15) is 5.78 Å². The Hall–Kier alpha value is -1.03. The normalized spacial score (nSPS) is 48.1. The highest BCUT2D eigenvalue weighted by Crippen LogP contribution is 2.68. The molecular weight excluding hydrogens is 410 g/mol. The third-order valence-electron chi connectivity index (χ3n) is 10.5. The average Bonchev–Trinajstić information content (AvgIpc) is 3.38. The van der Waals surface area contributed by atoms with Crippen LogP contribution in [0.5, 0.6) is 0 Å². The molecule has 0 aromatic carbocycles. The van der Waals surface area contributed by atoms with Gasteiger partial charge in [-0.3, -0.25) is 4.79 Å². The summed E-state index contributed by atoms with van der Waals surface area (Å²) in [6.45, 7) is 17.1. The highest BCUT2D eigenvalue weighted by Gasteiger charge is 2.66. The van der Waals surface area contributed by atoms with Crippen molar-refractivity contribution < 1.29 is 9.53 Å². The van der Waals surface area contributed by atoms with Crippen LogP contribution >= 0.6 is 0 Å². The van der Waals surface area contributed by atoms with Gasteiger partial charge in [0.05, 0.1) is 18.2 Å². The Balaban J connectivity index is 0.000000728. The predicted molar refractivity (Wildman–Crippen MR) is 136 cm³/mol. The first-order valence-electron chi connectivity index (χ1n) is 13.9. The zero-order valence-electron chi connectivity index (χ0n) is 22.5. The number of hydrogen-bond donors (Lipinski definition) is 0. The highest BCUT2D eigenvalue weighted by molar-refractivity contribution is 5.84. The van der Waals surface area contributed by atoms with Crippen molar-refractivity contribution in [3.8, 4) is 0 Å². The lowest BCUT2D eigenvalue weighted by molar-refractivity contribution is -0.158. The van der Waals surface area contributed by atoms with Crippen LogP contribution in [0.1, 0.15) is 107 Å². The molecule has 5 rings (SSSR count). The predicted octanol–water partition coefficient (Wildman–Crippen LogP) is 7.75. The van der Waals surface area contributed by atoms with Crippen LogP contribution in [0.2, 0.25) is 0 Å². The molecule has 4 heteroatoms. The molecule has 10 unspecified atom stereocenters. The molecule has 0 aromatic heterocycles. The maximum Gasteiger partial charge on any atom is 0.137 e. The van der Waals surface area contributed by atoms with Gasteiger partial charge in [-0.05, 0) is 98.9 Å². The zero-order valence-corrected chi connectivity index (χ0v) is 22.5. The van der Waals surface area contributed by atoms with Gasteiger partial charge < -0.3 is 4.74 Å². The van der Waals surface area contributed by atoms with Crippen molar-refractivity contribution in [2.75, 3.05) is 0 Å². The topological polar surface area (TPSA) is 55.7 Å². The van der Waals surface area contributed by atoms with Gasteiger partial charge >= 0.3 is 0 Å². The van der Waals surface area contributed by atoms with Crippen molar-refractivity contribution in [3.63, 3.8) is 0 Å². The SMILES string of the molecule is CC.CC.CC=C(C)C1CC2C(CC3C4CCC5CC(N=O)CCC5(C)C4C(=O)CC23C)O1. The number of ketones is 1. The number of allylic oxidation sites excluding steroid dienone is 1. The van der Waals surface area contributed by atoms with Crippen molar-refractivity contribution in [1.82, 2.24) is 0 Å². The molecular formula is C29H49NO3. The fourth-order valence-corrected chi connectivity index (χ4v) is 8.78. The molecule has 5 fully saturated rings. The Morgan fingerprint density at radius 1 is 1.00 bits per heavy atom. The van der Waals surface area contributed by atoms with Gasteiger partial charge in [-0.1, -0.05) is 52.8 Å². The summed E-state index contributed by atoms with van der Waals surface area (Å²) in [5.41, 5.74) is 1.52. The molecule has 33 heavy (non-hydrogen) atoms. The Kier molecular flexibility index (Phi) is 8.29. The second kappa shape index (κ2) is 10.3. The number of carbonyl (C=O) groups excluding carboxylic acids is 1. The third kappa shape index (κ3) is 4.17. The van der Waals surface area contributed by atoms with Crippen molar-refractivity contribution >= 4 is 5.78 Å². The molecule has 0 spiro atoms. The van der Waals surface area contributed by atoms with E-state index in [-0.39, 0.29) is 28.9 Å². The first-order chi connectivity index (χ1) is 15.8. The van der Waals surface area contributed by atoms with Crippen molar-refractivity contribution in [2.24, 2.45) is 45.6 Å². The number of nitroso groups, excluding NO2 is 1. The molecule has 4 saturated carbocycles. The Bertz CT molecular complexity index is 747. The van der Waals surface area contributed by atoms with Gasteiger partial charge in [-0.15, -0.1) is 0 Å². The van der Waals surface area contributed by atoms with E-state index in [4.69, 9.17) is 4.74 Å². The van der Waals surface area contributed by atoms with E-state index in [1.807, 2.05) is 27.7 Å². The molecule has 1 aliphatic heterocycles. The molecule has 4 nitrogen and oxygen atoms in total. The summed E-state index contributed by atoms with van der Waals surface area (Å²) < 4.78 is 6.54. The van der Waals surface area contributed by atoms with Gasteiger partial charge in [0.15, 0.2) is 0 Å². The van der Waals surface area contributed by atoms with Gasteiger partial charge in [0.25, 0.3) is 0 Å². The molecule has 4 aliphatic carbocycles. The number of fused-ring (bicyclic) bond motifs is 7. The molecule has 0 amide bonds. The number of ether oxygens (including phenoxy) is 1. The van der Waals surface area contributed by atoms with Crippen LogP contribution in [-0.4, -0.2) is 24.0 Å². The summed E-state index contributed by atoms with van der Waals surface area (Å²) in [6.07, 6.45) is 10.8. The van der Waals surface area contributed by atoms with Crippen LogP contribution in [0.4, 0.5) is 0 Å². The summed E-state index contributed by atoms with van der Waals surface area (Å²) in [5, 5.41) is 3.37. The minimum absolute atomic E-state index is 0.0281. The summed E-state index contributed by atoms with van der Waals surface area (Å²) >= 11 is 0. The minimum Gasteiger partial charge on any atom is -0.370 e. The number of carbonyl (C=O) groups is 1. The van der Waals surface area contributed by atoms with Crippen LogP contribution in [0, 0.1) is 45.3 Å². The summed E-state index contributed by atoms with van der Waals surface area (Å²) in [4.78, 5) is 24.9. The molecule has 0 aromatic rings. The monoisotopic (exact) mass is 459 g/mol. The molecule has 10 atom stereocenters. The third-order valence-corrected chi connectivity index (χ3v) is 10.5. The summed E-state index contributed by atoms with van der Waals surface area (Å²) in [5.74, 6) is 2.86. The standard InChI is InChI=1S/C25H37NO3.2C2H6/c1-5-14(2)21-12-19-22(29-21)11-18-17-7-6-15-10-16(26-28)8-9-24(15,3)23(17)20(27)13-25(18,19)4;2*1-2/h5,15-19,21-23H,6-13H2,1-4H3;2*1-2H3. The van der Waals surface area contributed by atoms with Gasteiger partial charge in [-0.25, -0.2) is 0 Å². The second-order valence-corrected chi connectivity index (χ2v) is 11.5. The number of nitrogens with zero attached hydrogens (tertiary/aromatic N) is 1. The van der Waals surface area contributed by atoms with E-state index in [1.54, 1.807) is 0 Å². The molecule has 0 N–H and O–H groups in total. The fraction of sp³-hybridized carbons (Fsp3) is 0.897. The molecule has 1 saturated heterocycles. The lowest BCUT2D eigenvalue weighted by Gasteiger charge is -2.59. The number of Topliss-reactive ketones (excluding diaryl/α,β-unsaturated/α-hetero) is 1. The van der Waals surface area contributed by atoms with Crippen LogP contribution in [0.25, 0.3) is 0 Å². The van der Waals surface area contributed by atoms with Crippen LogP contribution in [-0.2, 0) is 9.53 Å². The smallest absolute Gasteiger partial charge is 0.137 e. The van der Waals surface area contributed by atoms with Crippen LogP contribution < -0.4 is 0 Å². The van der Waals surface area contributed by atoms with E-state index in [0.29, 0.717) is 35.6 Å². The minimum atomic E-state index is -0.0281. The first-order valence-corrected chi connectivity index (χ1v) is 13.9. The van der Waals surface area contributed by atoms with E-state index in [9.17, 15) is 9.70 Å². The van der Waals surface area contributed by atoms with E-state index in [1.165, 1.54) is 12.0 Å². The van der Waals surface area contributed by atoms with Crippen LogP contribution in [0.15, 0.2) is 16.8 Å². The van der Waals surface area contributed by atoms with Gasteiger partial charge in [0, 0.05) is 12.3 Å². The van der Waals surface area contributed by atoms with Crippen molar-refractivity contribution in [3.05, 3.63) is 16.6 Å². The summed E-state index contributed by atoms with van der Waals surface area (Å²) in [7, 11) is 0. The largest absolute Gasteiger partial charge is 0.370 e. The van der Waals surface area contributed by atoms with Crippen molar-refractivity contribution in [1.29, 1.82) is 0 Å². The summed E-state index contributed by atoms with van der Waals surface area (Å²) in [6, 6.07) is -0.0281. The maximum absolute atomic E-state index is 13.7. The molecule has 188 valence electrons. The second-order valence-electron chi connectivity index (χ2n) is 11.5. The van der Waals surface area contributed by atoms with Gasteiger partial charge in [0.2, 0.25) is 0 Å². The number of rotatable bonds is 2. The van der Waals surface area contributed by atoms with E-state index < -0.39 is 0 Å². The average molecular weight is 460 g/mol. The lowest BCUT2D eigenvalue weighted by atomic mass is 9.44. The van der Waals surface area contributed by atoms with Crippen LogP contribution in [0.3, 0.4) is 0 Å². The maximum atomic E-state index is 13.7. The molecule has 0 bridgehead atoms. The Labute approximate surface area is 202 Å². The fourth-order valence-electron chi connectivity index (χ4n) is 8.78. The van der Waals surface area contributed by atoms with E-state index in [2.05, 4.69) is 38.9 Å². The van der Waals surface area contributed by atoms with Crippen molar-refractivity contribution in [2.45, 2.75) is 125 Å².